The number of hydrogen-bond donors (Lipinski definition) is 1. The molecule has 0 aliphatic heterocycles. The van der Waals surface area contributed by atoms with Crippen molar-refractivity contribution in [2.75, 3.05) is 27.2 Å². The number of Topliss-reactive ketones (excluding diaryl/α,β-unsaturated/α-hetero) is 1. The molecule has 3 rings (SSSR count). The molecule has 0 amide bonds. The Hall–Kier alpha value is -3.37. The summed E-state index contributed by atoms with van der Waals surface area (Å²) in [6, 6.07) is 24.1. The highest BCUT2D eigenvalue weighted by Gasteiger charge is 2.20. The lowest BCUT2D eigenvalue weighted by Gasteiger charge is -2.16. The monoisotopic (exact) mass is 415 g/mol. The Bertz CT molecular complexity index is 1020. The molecule has 0 spiro atoms. The number of carbonyl (C=O) groups excluding carboxylic acids is 1. The Kier molecular flexibility index (Phi) is 7.63. The Morgan fingerprint density at radius 2 is 1.45 bits per heavy atom. The van der Waals surface area contributed by atoms with E-state index >= 15 is 0 Å². The number of aromatic hydroxyl groups is 1. The van der Waals surface area contributed by atoms with Gasteiger partial charge < -0.3 is 14.7 Å². The van der Waals surface area contributed by atoms with Gasteiger partial charge in [0, 0.05) is 17.7 Å². The van der Waals surface area contributed by atoms with Gasteiger partial charge in [0.1, 0.15) is 18.1 Å². The van der Waals surface area contributed by atoms with Gasteiger partial charge in [-0.25, -0.2) is 0 Å². The molecule has 0 radical (unpaired) electrons. The standard InChI is InChI=1S/C27H29NO3/c1-4-25(20-8-6-5-7-9-20)26(21-10-14-23(29)15-11-21)27(30)22-12-16-24(17-13-22)31-19-18-28(2)3/h5-17,29H,4,18-19H2,1-3H3. The molecule has 4 nitrogen and oxygen atoms in total. The second-order valence-corrected chi connectivity index (χ2v) is 7.63. The summed E-state index contributed by atoms with van der Waals surface area (Å²) in [5, 5.41) is 9.72. The number of hydrogen-bond acceptors (Lipinski definition) is 4. The Balaban J connectivity index is 1.99. The third kappa shape index (κ3) is 5.83. The number of nitrogens with zero attached hydrogens (tertiary/aromatic N) is 1. The number of rotatable bonds is 9. The van der Waals surface area contributed by atoms with Crippen molar-refractivity contribution >= 4 is 16.9 Å². The van der Waals surface area contributed by atoms with E-state index in [-0.39, 0.29) is 11.5 Å². The van der Waals surface area contributed by atoms with Crippen LogP contribution < -0.4 is 4.74 Å². The number of likely N-dealkylation sites (N-methyl/N-ethyl adjacent to an activating group) is 1. The summed E-state index contributed by atoms with van der Waals surface area (Å²) in [6.45, 7) is 3.47. The third-order valence-electron chi connectivity index (χ3n) is 5.08. The number of carbonyl (C=O) groups is 1. The molecule has 3 aromatic rings. The highest BCUT2D eigenvalue weighted by Crippen LogP contribution is 2.33. The van der Waals surface area contributed by atoms with Gasteiger partial charge in [-0.15, -0.1) is 0 Å². The highest BCUT2D eigenvalue weighted by atomic mass is 16.5. The van der Waals surface area contributed by atoms with E-state index in [1.54, 1.807) is 24.3 Å². The molecule has 0 heterocycles. The quantitative estimate of drug-likeness (QED) is 0.283. The van der Waals surface area contributed by atoms with Crippen LogP contribution in [0.2, 0.25) is 0 Å². The molecule has 0 saturated heterocycles. The average Bonchev–Trinajstić information content (AvgIpc) is 2.78. The molecular formula is C27H29NO3. The number of allylic oxidation sites excluding steroid dienone is 2. The van der Waals surface area contributed by atoms with Gasteiger partial charge in [-0.3, -0.25) is 4.79 Å². The number of phenols is 1. The number of ketones is 1. The average molecular weight is 416 g/mol. The van der Waals surface area contributed by atoms with Crippen molar-refractivity contribution in [1.29, 1.82) is 0 Å². The Morgan fingerprint density at radius 3 is 2.03 bits per heavy atom. The van der Waals surface area contributed by atoms with Crippen LogP contribution in [0, 0.1) is 0 Å². The van der Waals surface area contributed by atoms with E-state index in [9.17, 15) is 9.90 Å². The minimum Gasteiger partial charge on any atom is -0.508 e. The van der Waals surface area contributed by atoms with Crippen molar-refractivity contribution in [2.45, 2.75) is 13.3 Å². The lowest BCUT2D eigenvalue weighted by molar-refractivity contribution is 0.105. The number of phenolic OH excluding ortho intramolecular Hbond substituents is 1. The van der Waals surface area contributed by atoms with Gasteiger partial charge in [0.2, 0.25) is 0 Å². The molecular weight excluding hydrogens is 386 g/mol. The van der Waals surface area contributed by atoms with Crippen LogP contribution >= 0.6 is 0 Å². The lowest BCUT2D eigenvalue weighted by Crippen LogP contribution is -2.19. The lowest BCUT2D eigenvalue weighted by atomic mass is 9.88. The van der Waals surface area contributed by atoms with Crippen LogP contribution in [0.5, 0.6) is 11.5 Å². The molecule has 0 fully saturated rings. The highest BCUT2D eigenvalue weighted by molar-refractivity contribution is 6.34. The van der Waals surface area contributed by atoms with Crippen molar-refractivity contribution in [3.05, 3.63) is 95.6 Å². The fourth-order valence-electron chi connectivity index (χ4n) is 3.43. The van der Waals surface area contributed by atoms with Gasteiger partial charge in [-0.05, 0) is 73.6 Å². The summed E-state index contributed by atoms with van der Waals surface area (Å²) in [5.74, 6) is 0.867. The SMILES string of the molecule is CCC(=C(C(=O)c1ccc(OCCN(C)C)cc1)c1ccc(O)cc1)c1ccccc1. The molecule has 4 heteroatoms. The molecule has 3 aromatic carbocycles. The number of benzene rings is 3. The molecule has 0 unspecified atom stereocenters. The molecule has 1 N–H and O–H groups in total. The van der Waals surface area contributed by atoms with E-state index in [4.69, 9.17) is 4.74 Å². The van der Waals surface area contributed by atoms with Crippen LogP contribution in [0.1, 0.15) is 34.8 Å². The molecule has 0 atom stereocenters. The van der Waals surface area contributed by atoms with Crippen LogP contribution in [0.4, 0.5) is 0 Å². The minimum atomic E-state index is -0.0498. The third-order valence-corrected chi connectivity index (χ3v) is 5.08. The zero-order valence-corrected chi connectivity index (χ0v) is 18.3. The summed E-state index contributed by atoms with van der Waals surface area (Å²) < 4.78 is 5.76. The van der Waals surface area contributed by atoms with Gasteiger partial charge in [-0.1, -0.05) is 49.4 Å². The Labute approximate surface area is 184 Å². The van der Waals surface area contributed by atoms with Gasteiger partial charge in [-0.2, -0.15) is 0 Å². The summed E-state index contributed by atoms with van der Waals surface area (Å²) >= 11 is 0. The number of ether oxygens (including phenoxy) is 1. The first-order valence-corrected chi connectivity index (χ1v) is 10.5. The van der Waals surface area contributed by atoms with E-state index in [1.807, 2.05) is 68.7 Å². The van der Waals surface area contributed by atoms with Crippen molar-refractivity contribution in [1.82, 2.24) is 4.90 Å². The zero-order valence-electron chi connectivity index (χ0n) is 18.3. The predicted octanol–water partition coefficient (Wildman–Crippen LogP) is 5.54. The molecule has 31 heavy (non-hydrogen) atoms. The molecule has 0 aliphatic carbocycles. The first-order chi connectivity index (χ1) is 15.0. The maximum Gasteiger partial charge on any atom is 0.193 e. The molecule has 160 valence electrons. The van der Waals surface area contributed by atoms with Crippen molar-refractivity contribution < 1.29 is 14.6 Å². The first-order valence-electron chi connectivity index (χ1n) is 10.5. The van der Waals surface area contributed by atoms with Crippen LogP contribution in [0.25, 0.3) is 11.1 Å². The van der Waals surface area contributed by atoms with Crippen molar-refractivity contribution in [3.8, 4) is 11.5 Å². The summed E-state index contributed by atoms with van der Waals surface area (Å²) in [5.41, 5.74) is 4.03. The summed E-state index contributed by atoms with van der Waals surface area (Å²) in [6.07, 6.45) is 0.706. The van der Waals surface area contributed by atoms with Gasteiger partial charge >= 0.3 is 0 Å². The largest absolute Gasteiger partial charge is 0.508 e. The van der Waals surface area contributed by atoms with Gasteiger partial charge in [0.25, 0.3) is 0 Å². The van der Waals surface area contributed by atoms with E-state index in [1.165, 1.54) is 0 Å². The summed E-state index contributed by atoms with van der Waals surface area (Å²) in [4.78, 5) is 15.7. The second-order valence-electron chi connectivity index (χ2n) is 7.63. The molecule has 0 aromatic heterocycles. The van der Waals surface area contributed by atoms with Crippen molar-refractivity contribution in [2.24, 2.45) is 0 Å². The smallest absolute Gasteiger partial charge is 0.193 e. The van der Waals surface area contributed by atoms with Crippen LogP contribution in [0.15, 0.2) is 78.9 Å². The molecule has 0 aliphatic rings. The second kappa shape index (κ2) is 10.6. The molecule has 0 bridgehead atoms. The maximum absolute atomic E-state index is 13.7. The van der Waals surface area contributed by atoms with Gasteiger partial charge in [0.15, 0.2) is 5.78 Å². The van der Waals surface area contributed by atoms with E-state index < -0.39 is 0 Å². The first kappa shape index (κ1) is 22.3. The van der Waals surface area contributed by atoms with Crippen molar-refractivity contribution in [3.63, 3.8) is 0 Å². The fraction of sp³-hybridized carbons (Fsp3) is 0.222. The van der Waals surface area contributed by atoms with Gasteiger partial charge in [0.05, 0.1) is 0 Å². The van der Waals surface area contributed by atoms with Crippen LogP contribution in [0.3, 0.4) is 0 Å². The zero-order chi connectivity index (χ0) is 22.2. The van der Waals surface area contributed by atoms with E-state index in [2.05, 4.69) is 11.8 Å². The normalized spacial score (nSPS) is 11.9. The van der Waals surface area contributed by atoms with Crippen LogP contribution in [-0.4, -0.2) is 43.0 Å². The Morgan fingerprint density at radius 1 is 0.839 bits per heavy atom. The summed E-state index contributed by atoms with van der Waals surface area (Å²) in [7, 11) is 4.00. The molecule has 0 saturated carbocycles. The topological polar surface area (TPSA) is 49.8 Å². The van der Waals surface area contributed by atoms with E-state index in [0.29, 0.717) is 24.2 Å². The minimum absolute atomic E-state index is 0.0498. The fourth-order valence-corrected chi connectivity index (χ4v) is 3.43. The van der Waals surface area contributed by atoms with E-state index in [0.717, 1.165) is 29.0 Å². The van der Waals surface area contributed by atoms with Crippen LogP contribution in [-0.2, 0) is 0 Å². The maximum atomic E-state index is 13.7. The predicted molar refractivity (Wildman–Crippen MR) is 126 cm³/mol.